The van der Waals surface area contributed by atoms with Crippen LogP contribution in [0.1, 0.15) is 17.3 Å². The first-order valence-electron chi connectivity index (χ1n) is 5.87. The number of anilines is 1. The van der Waals surface area contributed by atoms with Crippen LogP contribution in [0.2, 0.25) is 0 Å². The highest BCUT2D eigenvalue weighted by molar-refractivity contribution is 7.99. The van der Waals surface area contributed by atoms with E-state index in [1.165, 1.54) is 23.9 Å². The van der Waals surface area contributed by atoms with Crippen LogP contribution in [0.3, 0.4) is 0 Å². The van der Waals surface area contributed by atoms with E-state index >= 15 is 0 Å². The van der Waals surface area contributed by atoms with E-state index in [4.69, 9.17) is 5.11 Å². The largest absolute Gasteiger partial charge is 0.480 e. The molecule has 0 heterocycles. The molecule has 0 fully saturated rings. The smallest absolute Gasteiger partial charge is 0.322 e. The van der Waals surface area contributed by atoms with Crippen LogP contribution in [0, 0.1) is 0 Å². The highest BCUT2D eigenvalue weighted by Crippen LogP contribution is 2.13. The van der Waals surface area contributed by atoms with Crippen LogP contribution in [0.25, 0.3) is 0 Å². The van der Waals surface area contributed by atoms with Crippen LogP contribution < -0.4 is 10.6 Å². The molecule has 0 aliphatic carbocycles. The Kier molecular flexibility index (Phi) is 6.05. The number of benzene rings is 1. The van der Waals surface area contributed by atoms with Gasteiger partial charge in [-0.3, -0.25) is 14.4 Å². The maximum atomic E-state index is 11.7. The van der Waals surface area contributed by atoms with Gasteiger partial charge in [-0.1, -0.05) is 0 Å². The van der Waals surface area contributed by atoms with Crippen molar-refractivity contribution in [1.29, 1.82) is 0 Å². The van der Waals surface area contributed by atoms with Gasteiger partial charge in [-0.2, -0.15) is 11.8 Å². The summed E-state index contributed by atoms with van der Waals surface area (Å²) in [5, 5.41) is 13.3. The summed E-state index contributed by atoms with van der Waals surface area (Å²) in [6.07, 6.45) is 1.85. The van der Waals surface area contributed by atoms with Crippen molar-refractivity contribution in [2.75, 3.05) is 18.1 Å². The van der Waals surface area contributed by atoms with Gasteiger partial charge in [0, 0.05) is 11.3 Å². The summed E-state index contributed by atoms with van der Waals surface area (Å²) in [4.78, 5) is 33.6. The SMILES string of the molecule is CSC(C)C(=O)Nc1ccc(C(=O)NCC(=O)O)cc1. The molecule has 20 heavy (non-hydrogen) atoms. The molecule has 2 amide bonds. The first-order chi connectivity index (χ1) is 9.43. The predicted molar refractivity (Wildman–Crippen MR) is 78.0 cm³/mol. The first kappa shape index (κ1) is 16.0. The third-order valence-electron chi connectivity index (χ3n) is 2.54. The molecule has 0 spiro atoms. The molecule has 0 bridgehead atoms. The Labute approximate surface area is 120 Å². The van der Waals surface area contributed by atoms with E-state index in [9.17, 15) is 14.4 Å². The van der Waals surface area contributed by atoms with Gasteiger partial charge in [-0.05, 0) is 37.4 Å². The Morgan fingerprint density at radius 1 is 1.25 bits per heavy atom. The fourth-order valence-corrected chi connectivity index (χ4v) is 1.59. The highest BCUT2D eigenvalue weighted by atomic mass is 32.2. The Hall–Kier alpha value is -2.02. The summed E-state index contributed by atoms with van der Waals surface area (Å²) in [5.74, 6) is -1.68. The number of carbonyl (C=O) groups excluding carboxylic acids is 2. The molecule has 108 valence electrons. The molecule has 1 atom stereocenters. The van der Waals surface area contributed by atoms with E-state index in [2.05, 4.69) is 10.6 Å². The number of hydrogen-bond acceptors (Lipinski definition) is 4. The van der Waals surface area contributed by atoms with Gasteiger partial charge >= 0.3 is 5.97 Å². The molecule has 0 saturated carbocycles. The molecule has 7 heteroatoms. The van der Waals surface area contributed by atoms with Crippen LogP contribution >= 0.6 is 11.8 Å². The molecule has 0 aliphatic heterocycles. The van der Waals surface area contributed by atoms with Crippen LogP contribution in [0.15, 0.2) is 24.3 Å². The van der Waals surface area contributed by atoms with Crippen molar-refractivity contribution in [2.45, 2.75) is 12.2 Å². The lowest BCUT2D eigenvalue weighted by Crippen LogP contribution is -2.29. The number of carboxylic acids is 1. The van der Waals surface area contributed by atoms with E-state index in [1.54, 1.807) is 19.1 Å². The number of hydrogen-bond donors (Lipinski definition) is 3. The monoisotopic (exact) mass is 296 g/mol. The summed E-state index contributed by atoms with van der Waals surface area (Å²) < 4.78 is 0. The number of thioether (sulfide) groups is 1. The van der Waals surface area contributed by atoms with E-state index in [1.807, 2.05) is 6.26 Å². The van der Waals surface area contributed by atoms with E-state index in [0.29, 0.717) is 11.3 Å². The molecule has 6 nitrogen and oxygen atoms in total. The third kappa shape index (κ3) is 4.93. The van der Waals surface area contributed by atoms with Gasteiger partial charge in [0.1, 0.15) is 6.54 Å². The number of nitrogens with one attached hydrogen (secondary N) is 2. The lowest BCUT2D eigenvalue weighted by Gasteiger charge is -2.10. The van der Waals surface area contributed by atoms with Crippen molar-refractivity contribution in [2.24, 2.45) is 0 Å². The fraction of sp³-hybridized carbons (Fsp3) is 0.308. The Balaban J connectivity index is 2.62. The molecule has 0 aliphatic rings. The Morgan fingerprint density at radius 3 is 2.35 bits per heavy atom. The summed E-state index contributed by atoms with van der Waals surface area (Å²) in [6.45, 7) is 1.37. The summed E-state index contributed by atoms with van der Waals surface area (Å²) >= 11 is 1.44. The number of carboxylic acid groups (broad SMARTS) is 1. The van der Waals surface area contributed by atoms with E-state index in [-0.39, 0.29) is 11.2 Å². The predicted octanol–water partition coefficient (Wildman–Crippen LogP) is 1.19. The van der Waals surface area contributed by atoms with Crippen LogP contribution in [0.5, 0.6) is 0 Å². The Bertz CT molecular complexity index is 502. The van der Waals surface area contributed by atoms with Crippen molar-refractivity contribution in [3.05, 3.63) is 29.8 Å². The summed E-state index contributed by atoms with van der Waals surface area (Å²) in [6, 6.07) is 6.24. The number of aliphatic carboxylic acids is 1. The molecular weight excluding hydrogens is 280 g/mol. The minimum absolute atomic E-state index is 0.111. The maximum absolute atomic E-state index is 11.7. The van der Waals surface area contributed by atoms with E-state index in [0.717, 1.165) is 0 Å². The molecule has 0 saturated heterocycles. The number of rotatable bonds is 6. The van der Waals surface area contributed by atoms with Gasteiger partial charge in [0.15, 0.2) is 0 Å². The average Bonchev–Trinajstić information content (AvgIpc) is 2.44. The van der Waals surface area contributed by atoms with Crippen molar-refractivity contribution < 1.29 is 19.5 Å². The van der Waals surface area contributed by atoms with Gasteiger partial charge in [-0.15, -0.1) is 0 Å². The molecule has 3 N–H and O–H groups in total. The zero-order valence-electron chi connectivity index (χ0n) is 11.2. The molecule has 1 aromatic carbocycles. The number of amides is 2. The average molecular weight is 296 g/mol. The normalized spacial score (nSPS) is 11.5. The fourth-order valence-electron chi connectivity index (χ4n) is 1.31. The van der Waals surface area contributed by atoms with Crippen LogP contribution in [0.4, 0.5) is 5.69 Å². The van der Waals surface area contributed by atoms with Crippen molar-refractivity contribution in [3.8, 4) is 0 Å². The second-order valence-electron chi connectivity index (χ2n) is 4.02. The minimum atomic E-state index is -1.10. The van der Waals surface area contributed by atoms with Gasteiger partial charge < -0.3 is 15.7 Å². The Morgan fingerprint density at radius 2 is 1.85 bits per heavy atom. The zero-order valence-corrected chi connectivity index (χ0v) is 12.0. The molecule has 1 unspecified atom stereocenters. The molecule has 1 rings (SSSR count). The maximum Gasteiger partial charge on any atom is 0.322 e. The quantitative estimate of drug-likeness (QED) is 0.733. The van der Waals surface area contributed by atoms with E-state index < -0.39 is 18.4 Å². The van der Waals surface area contributed by atoms with Gasteiger partial charge in [-0.25, -0.2) is 0 Å². The van der Waals surface area contributed by atoms with Gasteiger partial charge in [0.25, 0.3) is 5.91 Å². The standard InChI is InChI=1S/C13H16N2O4S/c1-8(20-2)12(18)15-10-5-3-9(4-6-10)13(19)14-7-11(16)17/h3-6,8H,7H2,1-2H3,(H,14,19)(H,15,18)(H,16,17). The molecule has 0 aromatic heterocycles. The second kappa shape index (κ2) is 7.54. The molecule has 0 radical (unpaired) electrons. The second-order valence-corrected chi connectivity index (χ2v) is 5.20. The van der Waals surface area contributed by atoms with Crippen LogP contribution in [-0.2, 0) is 9.59 Å². The van der Waals surface area contributed by atoms with Crippen molar-refractivity contribution in [1.82, 2.24) is 5.32 Å². The lowest BCUT2D eigenvalue weighted by molar-refractivity contribution is -0.135. The highest BCUT2D eigenvalue weighted by Gasteiger charge is 2.12. The van der Waals surface area contributed by atoms with Crippen molar-refractivity contribution in [3.63, 3.8) is 0 Å². The lowest BCUT2D eigenvalue weighted by atomic mass is 10.2. The summed E-state index contributed by atoms with van der Waals surface area (Å²) in [7, 11) is 0. The van der Waals surface area contributed by atoms with Gasteiger partial charge in [0.2, 0.25) is 5.91 Å². The molecule has 1 aromatic rings. The third-order valence-corrected chi connectivity index (χ3v) is 3.46. The topological polar surface area (TPSA) is 95.5 Å². The zero-order chi connectivity index (χ0) is 15.1. The first-order valence-corrected chi connectivity index (χ1v) is 7.16. The molecular formula is C13H16N2O4S. The summed E-state index contributed by atoms with van der Waals surface area (Å²) in [5.41, 5.74) is 0.924. The minimum Gasteiger partial charge on any atom is -0.480 e. The van der Waals surface area contributed by atoms with Gasteiger partial charge in [0.05, 0.1) is 5.25 Å². The number of carbonyl (C=O) groups is 3. The van der Waals surface area contributed by atoms with Crippen LogP contribution in [-0.4, -0.2) is 40.9 Å². The van der Waals surface area contributed by atoms with Crippen molar-refractivity contribution >= 4 is 35.2 Å².